The van der Waals surface area contributed by atoms with Crippen molar-refractivity contribution in [2.75, 3.05) is 6.61 Å². The minimum atomic E-state index is -0.394. The van der Waals surface area contributed by atoms with Crippen molar-refractivity contribution >= 4 is 22.4 Å². The molecular weight excluding hydrogens is 421 g/mol. The van der Waals surface area contributed by atoms with E-state index in [9.17, 15) is 5.11 Å². The van der Waals surface area contributed by atoms with E-state index in [1.807, 2.05) is 18.2 Å². The smallest absolute Gasteiger partial charge is 0.119 e. The third kappa shape index (κ3) is 5.55. The quantitative estimate of drug-likeness (QED) is 0.351. The van der Waals surface area contributed by atoms with Gasteiger partial charge in [0, 0.05) is 44.0 Å². The summed E-state index contributed by atoms with van der Waals surface area (Å²) in [7, 11) is 0. The number of hydrogen-bond acceptors (Lipinski definition) is 2. The molecule has 1 aliphatic carbocycles. The van der Waals surface area contributed by atoms with Gasteiger partial charge in [0.15, 0.2) is 0 Å². The van der Waals surface area contributed by atoms with Crippen LogP contribution in [0, 0.1) is 18.8 Å². The molecule has 0 spiro atoms. The maximum absolute atomic E-state index is 10.4. The number of unbranched alkanes of at least 4 members (excludes halogenated alkanes) is 1. The average Bonchev–Trinajstić information content (AvgIpc) is 2.89. The van der Waals surface area contributed by atoms with E-state index >= 15 is 0 Å². The summed E-state index contributed by atoms with van der Waals surface area (Å²) in [5.74, 6) is 1.16. The number of rotatable bonds is 7. The van der Waals surface area contributed by atoms with Crippen LogP contribution in [0.1, 0.15) is 25.7 Å². The summed E-state index contributed by atoms with van der Waals surface area (Å²) in [4.78, 5) is 0. The van der Waals surface area contributed by atoms with Crippen LogP contribution >= 0.6 is 11.6 Å². The van der Waals surface area contributed by atoms with Gasteiger partial charge in [-0.25, -0.2) is 0 Å². The van der Waals surface area contributed by atoms with Crippen LogP contribution in [0.3, 0.4) is 0 Å². The fourth-order valence-corrected chi connectivity index (χ4v) is 4.10. The summed E-state index contributed by atoms with van der Waals surface area (Å²) in [6.45, 7) is 4.34. The van der Waals surface area contributed by atoms with Crippen molar-refractivity contribution < 1.29 is 42.6 Å². The Bertz CT molecular complexity index is 718. The van der Waals surface area contributed by atoms with Gasteiger partial charge in [-0.3, -0.25) is 0 Å². The second-order valence-electron chi connectivity index (χ2n) is 6.82. The van der Waals surface area contributed by atoms with Crippen molar-refractivity contribution in [3.05, 3.63) is 61.5 Å². The minimum absolute atomic E-state index is 0. The molecule has 4 heteroatoms. The first-order chi connectivity index (χ1) is 12.2. The van der Waals surface area contributed by atoms with E-state index in [0.717, 1.165) is 30.4 Å². The van der Waals surface area contributed by atoms with Gasteiger partial charge in [-0.05, 0) is 41.7 Å². The fraction of sp³-hybridized carbons (Fsp3) is 0.409. The van der Waals surface area contributed by atoms with Crippen molar-refractivity contribution in [3.63, 3.8) is 0 Å². The minimum Gasteiger partial charge on any atom is -0.493 e. The van der Waals surface area contributed by atoms with E-state index in [2.05, 4.69) is 43.3 Å². The molecule has 4 atom stereocenters. The van der Waals surface area contributed by atoms with Crippen LogP contribution in [-0.4, -0.2) is 23.2 Å². The summed E-state index contributed by atoms with van der Waals surface area (Å²) in [6, 6.07) is 14.3. The summed E-state index contributed by atoms with van der Waals surface area (Å²) in [5.41, 5.74) is 0. The van der Waals surface area contributed by atoms with Crippen molar-refractivity contribution in [1.82, 2.24) is 0 Å². The van der Waals surface area contributed by atoms with Crippen LogP contribution in [0.2, 0.25) is 0 Å². The largest absolute Gasteiger partial charge is 0.493 e. The number of alkyl halides is 1. The SMILES string of the molecule is [CH2-]CC/C=C\C[C@@H]1[C@@H](COc2ccc3ccccc3c2)[C@H](O)C[C@H]1Cl.[Y]. The molecule has 0 bridgehead atoms. The Balaban J connectivity index is 0.00000243. The number of hydrogen-bond donors (Lipinski definition) is 1. The molecule has 137 valence electrons. The Hall–Kier alpha value is -0.406. The third-order valence-corrected chi connectivity index (χ3v) is 5.59. The molecule has 2 nitrogen and oxygen atoms in total. The Morgan fingerprint density at radius 3 is 2.65 bits per heavy atom. The molecule has 0 heterocycles. The Kier molecular flexibility index (Phi) is 9.10. The number of aliphatic hydroxyl groups is 1. The second kappa shape index (κ2) is 10.8. The van der Waals surface area contributed by atoms with E-state index in [0.29, 0.717) is 13.0 Å². The van der Waals surface area contributed by atoms with Gasteiger partial charge in [0.05, 0.1) is 12.7 Å². The summed E-state index contributed by atoms with van der Waals surface area (Å²) >= 11 is 6.48. The number of halogens is 1. The first-order valence-electron chi connectivity index (χ1n) is 9.07. The van der Waals surface area contributed by atoms with Gasteiger partial charge in [-0.2, -0.15) is 6.42 Å². The molecule has 26 heavy (non-hydrogen) atoms. The van der Waals surface area contributed by atoms with Crippen molar-refractivity contribution in [2.45, 2.75) is 37.2 Å². The zero-order valence-corrected chi connectivity index (χ0v) is 18.7. The van der Waals surface area contributed by atoms with Crippen LogP contribution in [0.4, 0.5) is 0 Å². The summed E-state index contributed by atoms with van der Waals surface area (Å²) in [6.07, 6.45) is 7.35. The van der Waals surface area contributed by atoms with Gasteiger partial charge in [-0.15, -0.1) is 11.6 Å². The first kappa shape index (κ1) is 21.9. The van der Waals surface area contributed by atoms with E-state index in [1.54, 1.807) is 0 Å². The molecular formula is C22H26ClO2Y-. The van der Waals surface area contributed by atoms with Crippen molar-refractivity contribution in [3.8, 4) is 5.75 Å². The molecule has 1 radical (unpaired) electrons. The van der Waals surface area contributed by atoms with E-state index in [4.69, 9.17) is 16.3 Å². The van der Waals surface area contributed by atoms with E-state index in [-0.39, 0.29) is 49.9 Å². The normalized spacial score (nSPS) is 25.5. The molecule has 3 rings (SSSR count). The number of benzene rings is 2. The molecule has 0 amide bonds. The topological polar surface area (TPSA) is 29.5 Å². The van der Waals surface area contributed by atoms with Gasteiger partial charge in [0.1, 0.15) is 5.75 Å². The standard InChI is InChI=1S/C22H26ClO2.Y/c1-2-3-4-5-10-19-20(22(24)14-21(19)23)15-25-18-12-11-16-8-6-7-9-17(16)13-18;/h4-9,11-13,19-22,24H,1-3,10,14-15H2;/q-1;/b5-4-;/t19-,20-,21-,22-;/m1./s1. The summed E-state index contributed by atoms with van der Waals surface area (Å²) < 4.78 is 6.02. The number of aliphatic hydroxyl groups excluding tert-OH is 1. The molecule has 1 saturated carbocycles. The van der Waals surface area contributed by atoms with E-state index < -0.39 is 6.10 Å². The molecule has 2 aromatic rings. The predicted octanol–water partition coefficient (Wildman–Crippen LogP) is 5.38. The third-order valence-electron chi connectivity index (χ3n) is 5.08. The average molecular weight is 447 g/mol. The summed E-state index contributed by atoms with van der Waals surface area (Å²) in [5, 5.41) is 12.7. The first-order valence-corrected chi connectivity index (χ1v) is 9.50. The molecule has 2 aromatic carbocycles. The maximum atomic E-state index is 10.4. The van der Waals surface area contributed by atoms with Gasteiger partial charge < -0.3 is 16.8 Å². The predicted molar refractivity (Wildman–Crippen MR) is 105 cm³/mol. The Morgan fingerprint density at radius 1 is 1.12 bits per heavy atom. The van der Waals surface area contributed by atoms with Crippen LogP contribution in [-0.2, 0) is 32.7 Å². The zero-order valence-electron chi connectivity index (χ0n) is 15.1. The van der Waals surface area contributed by atoms with Gasteiger partial charge >= 0.3 is 0 Å². The Labute approximate surface area is 186 Å². The molecule has 0 aliphatic heterocycles. The fourth-order valence-electron chi connectivity index (χ4n) is 3.63. The molecule has 1 N–H and O–H groups in total. The molecule has 1 aliphatic rings. The molecule has 1 fully saturated rings. The molecule has 0 unspecified atom stereocenters. The monoisotopic (exact) mass is 446 g/mol. The van der Waals surface area contributed by atoms with E-state index in [1.165, 1.54) is 5.39 Å². The van der Waals surface area contributed by atoms with Crippen LogP contribution in [0.25, 0.3) is 10.8 Å². The van der Waals surface area contributed by atoms with Crippen LogP contribution < -0.4 is 4.74 Å². The molecule has 0 saturated heterocycles. The van der Waals surface area contributed by atoms with Crippen molar-refractivity contribution in [2.24, 2.45) is 11.8 Å². The zero-order chi connectivity index (χ0) is 17.6. The van der Waals surface area contributed by atoms with Crippen LogP contribution in [0.5, 0.6) is 5.75 Å². The number of allylic oxidation sites excluding steroid dienone is 2. The Morgan fingerprint density at radius 2 is 1.88 bits per heavy atom. The molecule has 0 aromatic heterocycles. The second-order valence-corrected chi connectivity index (χ2v) is 7.38. The van der Waals surface area contributed by atoms with Gasteiger partial charge in [0.25, 0.3) is 0 Å². The van der Waals surface area contributed by atoms with Gasteiger partial charge in [0.2, 0.25) is 0 Å². The number of fused-ring (bicyclic) bond motifs is 1. The number of ether oxygens (including phenoxy) is 1. The van der Waals surface area contributed by atoms with Gasteiger partial charge in [-0.1, -0.05) is 48.9 Å². The van der Waals surface area contributed by atoms with Crippen molar-refractivity contribution in [1.29, 1.82) is 0 Å². The van der Waals surface area contributed by atoms with Crippen LogP contribution in [0.15, 0.2) is 54.6 Å². The maximum Gasteiger partial charge on any atom is 0.119 e.